The Morgan fingerprint density at radius 1 is 0.972 bits per heavy atom. The van der Waals surface area contributed by atoms with Gasteiger partial charge in [0.25, 0.3) is 0 Å². The molecule has 0 saturated carbocycles. The highest BCUT2D eigenvalue weighted by Crippen LogP contribution is 2.34. The molecule has 1 aromatic heterocycles. The van der Waals surface area contributed by atoms with Crippen LogP contribution in [0.2, 0.25) is 0 Å². The first kappa shape index (κ1) is 29.8. The van der Waals surface area contributed by atoms with Crippen LogP contribution in [0.4, 0.5) is 0 Å². The maximum Gasteiger partial charge on any atom is 0.310 e. The molecule has 0 aliphatic heterocycles. The van der Waals surface area contributed by atoms with Crippen molar-refractivity contribution in [2.75, 3.05) is 12.0 Å². The van der Waals surface area contributed by atoms with E-state index in [0.717, 1.165) is 17.4 Å². The quantitative estimate of drug-likeness (QED) is 0.310. The molecule has 8 nitrogen and oxygen atoms in total. The number of rotatable bonds is 10. The second-order valence-electron chi connectivity index (χ2n) is 10.4. The fourth-order valence-corrected chi connectivity index (χ4v) is 6.32. The molecular formula is C26H38N2O6S2. The van der Waals surface area contributed by atoms with Crippen LogP contribution < -0.4 is 4.18 Å². The van der Waals surface area contributed by atoms with E-state index >= 15 is 0 Å². The van der Waals surface area contributed by atoms with Gasteiger partial charge in [-0.3, -0.25) is 4.79 Å². The van der Waals surface area contributed by atoms with Gasteiger partial charge >= 0.3 is 10.1 Å². The molecule has 0 amide bonds. The molecule has 2 rings (SSSR count). The standard InChI is InChI=1S/C26H38N2O6S2/c1-15(2)13-28-26(34-36(32,33)14-16(3)4)24(20(9)27-28)25(29)21-11-12-22(35(10,30)31)23(19(21)8)18(7)17(5)6/h11-12,15-16H,13-14H2,1-10H3. The molecule has 0 unspecified atom stereocenters. The van der Waals surface area contributed by atoms with Crippen LogP contribution in [0.3, 0.4) is 0 Å². The fourth-order valence-electron chi connectivity index (χ4n) is 4.03. The van der Waals surface area contributed by atoms with Crippen molar-refractivity contribution in [3.05, 3.63) is 45.7 Å². The van der Waals surface area contributed by atoms with Crippen LogP contribution >= 0.6 is 0 Å². The van der Waals surface area contributed by atoms with E-state index in [4.69, 9.17) is 4.18 Å². The van der Waals surface area contributed by atoms with Gasteiger partial charge in [-0.15, -0.1) is 0 Å². The Morgan fingerprint density at radius 3 is 2.03 bits per heavy atom. The van der Waals surface area contributed by atoms with Gasteiger partial charge in [-0.05, 0) is 75.3 Å². The number of aryl methyl sites for hydroxylation is 1. The van der Waals surface area contributed by atoms with E-state index in [1.807, 2.05) is 34.6 Å². The molecule has 2 aromatic rings. The van der Waals surface area contributed by atoms with Crippen molar-refractivity contribution in [1.29, 1.82) is 0 Å². The van der Waals surface area contributed by atoms with Crippen LogP contribution in [-0.4, -0.2) is 44.4 Å². The number of carbonyl (C=O) groups excluding carboxylic acids is 1. The number of nitrogens with zero attached hydrogens (tertiary/aromatic N) is 2. The molecule has 0 bridgehead atoms. The first-order valence-electron chi connectivity index (χ1n) is 11.9. The van der Waals surface area contributed by atoms with Crippen molar-refractivity contribution in [2.45, 2.75) is 73.8 Å². The minimum absolute atomic E-state index is 0.0546. The minimum Gasteiger partial charge on any atom is -0.361 e. The Balaban J connectivity index is 2.84. The summed E-state index contributed by atoms with van der Waals surface area (Å²) in [5, 5.41) is 4.43. The zero-order valence-electron chi connectivity index (χ0n) is 22.9. The number of sulfone groups is 1. The zero-order valence-corrected chi connectivity index (χ0v) is 24.5. The highest BCUT2D eigenvalue weighted by atomic mass is 32.2. The van der Waals surface area contributed by atoms with Gasteiger partial charge in [0.1, 0.15) is 5.56 Å². The van der Waals surface area contributed by atoms with E-state index in [1.54, 1.807) is 27.7 Å². The lowest BCUT2D eigenvalue weighted by molar-refractivity contribution is 0.103. The molecule has 0 spiro atoms. The summed E-state index contributed by atoms with van der Waals surface area (Å²) in [5.74, 6) is -0.850. The highest BCUT2D eigenvalue weighted by molar-refractivity contribution is 7.90. The first-order valence-corrected chi connectivity index (χ1v) is 15.4. The number of hydrogen-bond acceptors (Lipinski definition) is 7. The van der Waals surface area contributed by atoms with Crippen molar-refractivity contribution < 1.29 is 25.8 Å². The summed E-state index contributed by atoms with van der Waals surface area (Å²) in [7, 11) is -7.55. The van der Waals surface area contributed by atoms with Crippen LogP contribution in [0, 0.1) is 25.7 Å². The molecule has 0 N–H and O–H groups in total. The Bertz CT molecular complexity index is 1410. The Kier molecular flexibility index (Phi) is 9.00. The molecule has 1 heterocycles. The van der Waals surface area contributed by atoms with Gasteiger partial charge in [0, 0.05) is 18.4 Å². The smallest absolute Gasteiger partial charge is 0.310 e. The molecule has 0 radical (unpaired) electrons. The van der Waals surface area contributed by atoms with E-state index in [2.05, 4.69) is 5.10 Å². The largest absolute Gasteiger partial charge is 0.361 e. The lowest BCUT2D eigenvalue weighted by atomic mass is 9.91. The monoisotopic (exact) mass is 538 g/mol. The second-order valence-corrected chi connectivity index (χ2v) is 14.0. The number of carbonyl (C=O) groups is 1. The molecule has 10 heteroatoms. The van der Waals surface area contributed by atoms with Crippen LogP contribution in [-0.2, 0) is 26.5 Å². The Morgan fingerprint density at radius 2 is 1.56 bits per heavy atom. The van der Waals surface area contributed by atoms with Crippen LogP contribution in [0.25, 0.3) is 5.57 Å². The number of allylic oxidation sites excluding steroid dienone is 2. The summed E-state index contributed by atoms with van der Waals surface area (Å²) in [5.41, 5.74) is 3.29. The maximum atomic E-state index is 13.9. The van der Waals surface area contributed by atoms with E-state index < -0.39 is 25.7 Å². The van der Waals surface area contributed by atoms with Crippen molar-refractivity contribution in [2.24, 2.45) is 11.8 Å². The number of benzene rings is 1. The number of ketones is 1. The molecule has 200 valence electrons. The summed E-state index contributed by atoms with van der Waals surface area (Å²) in [4.78, 5) is 14.1. The Labute approximate surface area is 215 Å². The summed E-state index contributed by atoms with van der Waals surface area (Å²) in [6.07, 6.45) is 1.14. The van der Waals surface area contributed by atoms with Gasteiger partial charge in [0.05, 0.1) is 16.3 Å². The average molecular weight is 539 g/mol. The highest BCUT2D eigenvalue weighted by Gasteiger charge is 2.31. The van der Waals surface area contributed by atoms with Crippen LogP contribution in [0.1, 0.15) is 81.2 Å². The lowest BCUT2D eigenvalue weighted by Crippen LogP contribution is -2.21. The molecule has 0 aliphatic carbocycles. The van der Waals surface area contributed by atoms with E-state index in [9.17, 15) is 21.6 Å². The van der Waals surface area contributed by atoms with Gasteiger partial charge in [-0.2, -0.15) is 13.5 Å². The molecule has 36 heavy (non-hydrogen) atoms. The van der Waals surface area contributed by atoms with Gasteiger partial charge < -0.3 is 4.18 Å². The van der Waals surface area contributed by atoms with Gasteiger partial charge in [-0.1, -0.05) is 33.3 Å². The third-order valence-corrected chi connectivity index (χ3v) is 8.41. The summed E-state index contributed by atoms with van der Waals surface area (Å²) in [6.45, 7) is 16.7. The van der Waals surface area contributed by atoms with Crippen molar-refractivity contribution in [1.82, 2.24) is 9.78 Å². The third-order valence-electron chi connectivity index (χ3n) is 5.79. The maximum absolute atomic E-state index is 13.9. The summed E-state index contributed by atoms with van der Waals surface area (Å²) >= 11 is 0. The van der Waals surface area contributed by atoms with Crippen LogP contribution in [0.15, 0.2) is 22.6 Å². The SMILES string of the molecule is CC(C)=C(C)c1c(S(C)(=O)=O)ccc(C(=O)c2c(C)nn(CC(C)C)c2OS(=O)(=O)CC(C)C)c1C. The van der Waals surface area contributed by atoms with Gasteiger partial charge in [0.2, 0.25) is 11.7 Å². The number of aromatic nitrogens is 2. The van der Waals surface area contributed by atoms with Crippen molar-refractivity contribution >= 4 is 31.3 Å². The second kappa shape index (κ2) is 10.9. The predicted octanol–water partition coefficient (Wildman–Crippen LogP) is 4.97. The predicted molar refractivity (Wildman–Crippen MR) is 143 cm³/mol. The van der Waals surface area contributed by atoms with E-state index in [-0.39, 0.29) is 39.5 Å². The summed E-state index contributed by atoms with van der Waals surface area (Å²) < 4.78 is 57.5. The third kappa shape index (κ3) is 6.64. The average Bonchev–Trinajstić information content (AvgIpc) is 2.97. The van der Waals surface area contributed by atoms with Crippen molar-refractivity contribution in [3.63, 3.8) is 0 Å². The van der Waals surface area contributed by atoms with Crippen LogP contribution in [0.5, 0.6) is 5.88 Å². The molecule has 1 aromatic carbocycles. The van der Waals surface area contributed by atoms with E-state index in [0.29, 0.717) is 23.4 Å². The molecule has 0 atom stereocenters. The first-order chi connectivity index (χ1) is 16.4. The summed E-state index contributed by atoms with van der Waals surface area (Å²) in [6, 6.07) is 2.91. The number of hydrogen-bond donors (Lipinski definition) is 0. The minimum atomic E-state index is -3.99. The zero-order chi connectivity index (χ0) is 27.7. The Hall–Kier alpha value is -2.46. The molecule has 0 aliphatic rings. The van der Waals surface area contributed by atoms with E-state index in [1.165, 1.54) is 16.8 Å². The fraction of sp³-hybridized carbons (Fsp3) is 0.538. The van der Waals surface area contributed by atoms with Gasteiger partial charge in [-0.25, -0.2) is 13.1 Å². The van der Waals surface area contributed by atoms with Gasteiger partial charge in [0.15, 0.2) is 9.84 Å². The molecule has 0 fully saturated rings. The topological polar surface area (TPSA) is 112 Å². The normalized spacial score (nSPS) is 12.3. The molecular weight excluding hydrogens is 500 g/mol. The van der Waals surface area contributed by atoms with Crippen molar-refractivity contribution in [3.8, 4) is 5.88 Å². The lowest BCUT2D eigenvalue weighted by Gasteiger charge is -2.17. The molecule has 0 saturated heterocycles.